The second kappa shape index (κ2) is 8.16. The Morgan fingerprint density at radius 3 is 2.59 bits per heavy atom. The van der Waals surface area contributed by atoms with Gasteiger partial charge in [-0.15, -0.1) is 0 Å². The number of rotatable bonds is 5. The molecule has 0 aliphatic carbocycles. The molecule has 1 aliphatic heterocycles. The Hall–Kier alpha value is -3.00. The summed E-state index contributed by atoms with van der Waals surface area (Å²) in [5.41, 5.74) is 1.87. The molecule has 1 aliphatic rings. The second-order valence-electron chi connectivity index (χ2n) is 7.34. The molecular formula is C21H27N7O. The molecule has 2 aromatic heterocycles. The summed E-state index contributed by atoms with van der Waals surface area (Å²) in [6.07, 6.45) is 1.53. The number of benzene rings is 1. The van der Waals surface area contributed by atoms with Crippen molar-refractivity contribution in [1.29, 1.82) is 0 Å². The quantitative estimate of drug-likeness (QED) is 0.660. The lowest BCUT2D eigenvalue weighted by Crippen LogP contribution is -2.55. The van der Waals surface area contributed by atoms with Gasteiger partial charge < -0.3 is 9.80 Å². The minimum atomic E-state index is -0.164. The molecule has 1 unspecified atom stereocenters. The molecule has 1 amide bonds. The van der Waals surface area contributed by atoms with Gasteiger partial charge in [0.1, 0.15) is 12.1 Å². The summed E-state index contributed by atoms with van der Waals surface area (Å²) < 4.78 is 1.78. The number of likely N-dealkylation sites (N-methyl/N-ethyl adjacent to an activating group) is 1. The lowest BCUT2D eigenvalue weighted by atomic mass is 10.1. The molecule has 0 bridgehead atoms. The zero-order valence-electron chi connectivity index (χ0n) is 17.2. The van der Waals surface area contributed by atoms with Crippen LogP contribution in [0.3, 0.4) is 0 Å². The molecule has 1 saturated heterocycles. The number of carbonyl (C=O) groups excluding carboxylic acids is 1. The number of para-hydroxylation sites is 1. The zero-order valence-corrected chi connectivity index (χ0v) is 17.2. The molecule has 0 spiro atoms. The Morgan fingerprint density at radius 2 is 1.90 bits per heavy atom. The lowest BCUT2D eigenvalue weighted by Gasteiger charge is -2.39. The normalized spacial score (nSPS) is 16.2. The van der Waals surface area contributed by atoms with E-state index < -0.39 is 0 Å². The van der Waals surface area contributed by atoms with Gasteiger partial charge in [-0.3, -0.25) is 9.69 Å². The minimum absolute atomic E-state index is 0.144. The van der Waals surface area contributed by atoms with Gasteiger partial charge in [-0.25, -0.2) is 4.98 Å². The van der Waals surface area contributed by atoms with E-state index in [0.29, 0.717) is 12.3 Å². The highest BCUT2D eigenvalue weighted by molar-refractivity contribution is 5.96. The van der Waals surface area contributed by atoms with Gasteiger partial charge in [0.2, 0.25) is 5.91 Å². The van der Waals surface area contributed by atoms with Crippen LogP contribution < -0.4 is 9.80 Å². The summed E-state index contributed by atoms with van der Waals surface area (Å²) in [6.45, 7) is 9.95. The number of nitrogens with zero attached hydrogens (tertiary/aromatic N) is 7. The predicted molar refractivity (Wildman–Crippen MR) is 113 cm³/mol. The van der Waals surface area contributed by atoms with Gasteiger partial charge >= 0.3 is 0 Å². The standard InChI is InChI=1S/C21H27N7O/c1-4-27(18-8-6-5-7-9-18)20(29)17(3)25-10-12-26(13-11-25)19-14-16(2)24-21-22-15-23-28(19)21/h5-9,14-15,17H,4,10-13H2,1-3H3. The van der Waals surface area contributed by atoms with Crippen molar-refractivity contribution in [1.82, 2.24) is 24.5 Å². The molecule has 3 aromatic rings. The van der Waals surface area contributed by atoms with Crippen LogP contribution >= 0.6 is 0 Å². The summed E-state index contributed by atoms with van der Waals surface area (Å²) >= 11 is 0. The lowest BCUT2D eigenvalue weighted by molar-refractivity contribution is -0.123. The van der Waals surface area contributed by atoms with Crippen LogP contribution in [0.15, 0.2) is 42.7 Å². The second-order valence-corrected chi connectivity index (χ2v) is 7.34. The van der Waals surface area contributed by atoms with E-state index in [-0.39, 0.29) is 11.9 Å². The summed E-state index contributed by atoms with van der Waals surface area (Å²) in [5.74, 6) is 1.76. The van der Waals surface area contributed by atoms with E-state index in [1.54, 1.807) is 4.52 Å². The van der Waals surface area contributed by atoms with Gasteiger partial charge in [0, 0.05) is 50.2 Å². The highest BCUT2D eigenvalue weighted by atomic mass is 16.2. The topological polar surface area (TPSA) is 69.9 Å². The van der Waals surface area contributed by atoms with Crippen LogP contribution in [-0.2, 0) is 4.79 Å². The highest BCUT2D eigenvalue weighted by Gasteiger charge is 2.29. The third-order valence-electron chi connectivity index (χ3n) is 5.55. The molecule has 0 N–H and O–H groups in total. The Bertz CT molecular complexity index is 979. The fraction of sp³-hybridized carbons (Fsp3) is 0.429. The summed E-state index contributed by atoms with van der Waals surface area (Å²) in [7, 11) is 0. The fourth-order valence-corrected chi connectivity index (χ4v) is 3.93. The van der Waals surface area contributed by atoms with Crippen LogP contribution in [0.25, 0.3) is 5.78 Å². The maximum atomic E-state index is 13.2. The first-order chi connectivity index (χ1) is 14.1. The van der Waals surface area contributed by atoms with Crippen molar-refractivity contribution < 1.29 is 4.79 Å². The van der Waals surface area contributed by atoms with E-state index in [9.17, 15) is 4.79 Å². The number of hydrogen-bond acceptors (Lipinski definition) is 6. The number of fused-ring (bicyclic) bond motifs is 1. The van der Waals surface area contributed by atoms with Crippen LogP contribution in [0, 0.1) is 6.92 Å². The van der Waals surface area contributed by atoms with Crippen LogP contribution in [0.5, 0.6) is 0 Å². The molecule has 29 heavy (non-hydrogen) atoms. The zero-order chi connectivity index (χ0) is 20.4. The van der Waals surface area contributed by atoms with Crippen molar-refractivity contribution in [3.8, 4) is 0 Å². The number of hydrogen-bond donors (Lipinski definition) is 0. The van der Waals surface area contributed by atoms with Crippen LogP contribution in [-0.4, -0.2) is 69.2 Å². The summed E-state index contributed by atoms with van der Waals surface area (Å²) in [5, 5.41) is 4.31. The number of aromatic nitrogens is 4. The minimum Gasteiger partial charge on any atom is -0.354 e. The average Bonchev–Trinajstić information content (AvgIpc) is 3.22. The highest BCUT2D eigenvalue weighted by Crippen LogP contribution is 2.20. The van der Waals surface area contributed by atoms with Crippen molar-refractivity contribution in [3.63, 3.8) is 0 Å². The van der Waals surface area contributed by atoms with Gasteiger partial charge in [-0.1, -0.05) is 18.2 Å². The number of amides is 1. The van der Waals surface area contributed by atoms with E-state index in [0.717, 1.165) is 43.4 Å². The fourth-order valence-electron chi connectivity index (χ4n) is 3.93. The van der Waals surface area contributed by atoms with E-state index >= 15 is 0 Å². The largest absolute Gasteiger partial charge is 0.354 e. The molecule has 0 radical (unpaired) electrons. The van der Waals surface area contributed by atoms with Gasteiger partial charge in [0.15, 0.2) is 0 Å². The number of aryl methyl sites for hydroxylation is 1. The molecule has 8 nitrogen and oxygen atoms in total. The van der Waals surface area contributed by atoms with E-state index in [1.807, 2.05) is 62.1 Å². The Kier molecular flexibility index (Phi) is 5.44. The first-order valence-electron chi connectivity index (χ1n) is 10.1. The molecule has 1 fully saturated rings. The van der Waals surface area contributed by atoms with Crippen LogP contribution in [0.4, 0.5) is 11.5 Å². The molecule has 3 heterocycles. The van der Waals surface area contributed by atoms with Crippen LogP contribution in [0.1, 0.15) is 19.5 Å². The molecule has 8 heteroatoms. The van der Waals surface area contributed by atoms with E-state index in [1.165, 1.54) is 6.33 Å². The van der Waals surface area contributed by atoms with Crippen molar-refractivity contribution in [2.45, 2.75) is 26.8 Å². The molecule has 0 saturated carbocycles. The molecule has 152 valence electrons. The van der Waals surface area contributed by atoms with Gasteiger partial charge in [-0.05, 0) is 32.9 Å². The molecule has 4 rings (SSSR count). The van der Waals surface area contributed by atoms with Gasteiger partial charge in [0.05, 0.1) is 6.04 Å². The third-order valence-corrected chi connectivity index (χ3v) is 5.55. The van der Waals surface area contributed by atoms with Crippen molar-refractivity contribution >= 4 is 23.2 Å². The predicted octanol–water partition coefficient (Wildman–Crippen LogP) is 2.00. The first-order valence-corrected chi connectivity index (χ1v) is 10.1. The van der Waals surface area contributed by atoms with Crippen LogP contribution in [0.2, 0.25) is 0 Å². The van der Waals surface area contributed by atoms with Crippen molar-refractivity contribution in [2.24, 2.45) is 0 Å². The smallest absolute Gasteiger partial charge is 0.254 e. The van der Waals surface area contributed by atoms with Gasteiger partial charge in [-0.2, -0.15) is 14.6 Å². The molecule has 1 aromatic carbocycles. The Balaban J connectivity index is 1.45. The maximum absolute atomic E-state index is 13.2. The summed E-state index contributed by atoms with van der Waals surface area (Å²) in [6, 6.07) is 11.8. The first kappa shape index (κ1) is 19.3. The van der Waals surface area contributed by atoms with Gasteiger partial charge in [0.25, 0.3) is 5.78 Å². The monoisotopic (exact) mass is 393 g/mol. The Morgan fingerprint density at radius 1 is 1.17 bits per heavy atom. The van der Waals surface area contributed by atoms with Crippen molar-refractivity contribution in [3.05, 3.63) is 48.4 Å². The molecular weight excluding hydrogens is 366 g/mol. The SMILES string of the molecule is CCN(C(=O)C(C)N1CCN(c2cc(C)nc3ncnn23)CC1)c1ccccc1. The third kappa shape index (κ3) is 3.80. The van der Waals surface area contributed by atoms with E-state index in [2.05, 4.69) is 24.9 Å². The number of carbonyl (C=O) groups is 1. The number of piperazine rings is 1. The average molecular weight is 393 g/mol. The Labute approximate surface area is 170 Å². The van der Waals surface area contributed by atoms with Crippen molar-refractivity contribution in [2.75, 3.05) is 42.5 Å². The molecule has 1 atom stereocenters. The number of anilines is 2. The summed E-state index contributed by atoms with van der Waals surface area (Å²) in [4.78, 5) is 28.2. The van der Waals surface area contributed by atoms with E-state index in [4.69, 9.17) is 0 Å². The maximum Gasteiger partial charge on any atom is 0.254 e.